The van der Waals surface area contributed by atoms with Crippen LogP contribution >= 0.6 is 0 Å². The van der Waals surface area contributed by atoms with Crippen LogP contribution in [-0.2, 0) is 6.18 Å². The first-order chi connectivity index (χ1) is 16.8. The topological polar surface area (TPSA) is 62.5 Å². The first kappa shape index (κ1) is 22.8. The lowest BCUT2D eigenvalue weighted by atomic mass is 10.0. The molecule has 0 radical (unpaired) electrons. The van der Waals surface area contributed by atoms with Gasteiger partial charge in [0.1, 0.15) is 17.3 Å². The highest BCUT2D eigenvalue weighted by molar-refractivity contribution is 6.06. The number of carbonyl (C=O) groups excluding carboxylic acids is 1. The molecule has 1 N–H and O–H groups in total. The van der Waals surface area contributed by atoms with Gasteiger partial charge in [-0.3, -0.25) is 4.79 Å². The number of aromatic nitrogens is 3. The number of halogens is 4. The molecule has 1 aliphatic rings. The molecule has 4 aromatic rings. The minimum Gasteiger partial charge on any atom is -0.368 e. The largest absolute Gasteiger partial charge is 0.417 e. The van der Waals surface area contributed by atoms with Gasteiger partial charge in [-0.1, -0.05) is 6.07 Å². The van der Waals surface area contributed by atoms with E-state index in [9.17, 15) is 22.4 Å². The summed E-state index contributed by atoms with van der Waals surface area (Å²) < 4.78 is 53.5. The maximum Gasteiger partial charge on any atom is 0.417 e. The molecule has 0 spiro atoms. The Morgan fingerprint density at radius 2 is 1.89 bits per heavy atom. The molecule has 1 fully saturated rings. The third kappa shape index (κ3) is 4.55. The van der Waals surface area contributed by atoms with Gasteiger partial charge in [0.2, 0.25) is 0 Å². The summed E-state index contributed by atoms with van der Waals surface area (Å²) in [5.41, 5.74) is 1.34. The number of anilines is 1. The molecule has 0 unspecified atom stereocenters. The summed E-state index contributed by atoms with van der Waals surface area (Å²) in [5, 5.41) is 7.63. The van der Waals surface area contributed by atoms with Crippen LogP contribution in [0.1, 0.15) is 28.8 Å². The van der Waals surface area contributed by atoms with Gasteiger partial charge in [0.05, 0.1) is 16.6 Å². The van der Waals surface area contributed by atoms with Crippen molar-refractivity contribution in [1.29, 1.82) is 0 Å². The number of nitrogens with zero attached hydrogens (tertiary/aromatic N) is 4. The van der Waals surface area contributed by atoms with E-state index < -0.39 is 11.7 Å². The molecule has 0 saturated carbocycles. The number of rotatable bonds is 5. The molecule has 1 aliphatic heterocycles. The molecule has 1 atom stereocenters. The fraction of sp³-hybridized carbons (Fsp3) is 0.240. The number of carbonyl (C=O) groups is 1. The quantitative estimate of drug-likeness (QED) is 0.393. The Bertz CT molecular complexity index is 1350. The normalized spacial score (nSPS) is 16.1. The lowest BCUT2D eigenvalue weighted by molar-refractivity contribution is -0.137. The minimum absolute atomic E-state index is 0.175. The van der Waals surface area contributed by atoms with Crippen molar-refractivity contribution in [3.63, 3.8) is 0 Å². The van der Waals surface area contributed by atoms with Crippen molar-refractivity contribution < 1.29 is 22.4 Å². The maximum absolute atomic E-state index is 13.8. The third-order valence-corrected chi connectivity index (χ3v) is 6.12. The predicted molar refractivity (Wildman–Crippen MR) is 122 cm³/mol. The van der Waals surface area contributed by atoms with Crippen LogP contribution < -0.4 is 5.32 Å². The van der Waals surface area contributed by atoms with Crippen LogP contribution in [0.2, 0.25) is 0 Å². The van der Waals surface area contributed by atoms with Gasteiger partial charge in [0.25, 0.3) is 5.91 Å². The van der Waals surface area contributed by atoms with E-state index in [1.54, 1.807) is 27.7 Å². The number of pyridine rings is 2. The molecule has 4 heterocycles. The van der Waals surface area contributed by atoms with Crippen molar-refractivity contribution in [2.24, 2.45) is 0 Å². The molecule has 1 saturated heterocycles. The zero-order chi connectivity index (χ0) is 24.6. The number of hydrogen-bond acceptors (Lipinski definition) is 4. The molecule has 5 rings (SSSR count). The molecule has 1 aromatic carbocycles. The molecule has 1 amide bonds. The molecule has 0 bridgehead atoms. The van der Waals surface area contributed by atoms with E-state index in [0.29, 0.717) is 41.2 Å². The number of amides is 1. The van der Waals surface area contributed by atoms with Crippen LogP contribution in [0.4, 0.5) is 23.4 Å². The van der Waals surface area contributed by atoms with Gasteiger partial charge in [0.15, 0.2) is 0 Å². The highest BCUT2D eigenvalue weighted by Crippen LogP contribution is 2.31. The summed E-state index contributed by atoms with van der Waals surface area (Å²) >= 11 is 0. The predicted octanol–water partition coefficient (Wildman–Crippen LogP) is 5.27. The van der Waals surface area contributed by atoms with E-state index in [1.807, 2.05) is 18.2 Å². The first-order valence-corrected chi connectivity index (χ1v) is 11.1. The molecule has 180 valence electrons. The monoisotopic (exact) mass is 483 g/mol. The van der Waals surface area contributed by atoms with E-state index >= 15 is 0 Å². The van der Waals surface area contributed by atoms with E-state index in [-0.39, 0.29) is 17.8 Å². The number of alkyl halides is 3. The van der Waals surface area contributed by atoms with Gasteiger partial charge in [-0.2, -0.15) is 18.3 Å². The SMILES string of the molecule is O=C(c1c(-c2ccc(F)cc2)nn2ccccc12)N1CCC[C@H]1CNc1ccc(C(F)(F)F)cn1. The molecule has 3 aromatic heterocycles. The highest BCUT2D eigenvalue weighted by Gasteiger charge is 2.33. The van der Waals surface area contributed by atoms with Crippen LogP contribution in [0.15, 0.2) is 67.0 Å². The standard InChI is InChI=1S/C25H21F4N5O/c26-18-9-6-16(7-10-18)23-22(20-5-1-2-13-34(20)32-23)24(35)33-12-3-4-19(33)15-31-21-11-8-17(14-30-21)25(27,28)29/h1-2,5-11,13-14,19H,3-4,12,15H2,(H,30,31)/t19-/m0/s1. The fourth-order valence-corrected chi connectivity index (χ4v) is 4.37. The van der Waals surface area contributed by atoms with Crippen molar-refractivity contribution in [3.05, 3.63) is 83.9 Å². The lowest BCUT2D eigenvalue weighted by Gasteiger charge is -2.25. The summed E-state index contributed by atoms with van der Waals surface area (Å²) in [4.78, 5) is 19.4. The van der Waals surface area contributed by atoms with E-state index in [4.69, 9.17) is 0 Å². The zero-order valence-electron chi connectivity index (χ0n) is 18.5. The Kier molecular flexibility index (Phi) is 5.88. The molecule has 35 heavy (non-hydrogen) atoms. The lowest BCUT2D eigenvalue weighted by Crippen LogP contribution is -2.39. The number of nitrogens with one attached hydrogen (secondary N) is 1. The molecular formula is C25H21F4N5O. The summed E-state index contributed by atoms with van der Waals surface area (Å²) in [6.45, 7) is 0.883. The van der Waals surface area contributed by atoms with Crippen LogP contribution in [0.3, 0.4) is 0 Å². The van der Waals surface area contributed by atoms with Gasteiger partial charge in [0, 0.05) is 37.1 Å². The van der Waals surface area contributed by atoms with Gasteiger partial charge in [-0.25, -0.2) is 13.9 Å². The second kappa shape index (κ2) is 9.01. The van der Waals surface area contributed by atoms with Crippen molar-refractivity contribution in [2.45, 2.75) is 25.1 Å². The Hall–Kier alpha value is -3.95. The van der Waals surface area contributed by atoms with Gasteiger partial charge < -0.3 is 10.2 Å². The maximum atomic E-state index is 13.8. The van der Waals surface area contributed by atoms with Gasteiger partial charge in [-0.15, -0.1) is 0 Å². The Labute approximate surface area is 198 Å². The van der Waals surface area contributed by atoms with Crippen molar-refractivity contribution in [1.82, 2.24) is 19.5 Å². The van der Waals surface area contributed by atoms with E-state index in [0.717, 1.165) is 25.1 Å². The van der Waals surface area contributed by atoms with Gasteiger partial charge >= 0.3 is 6.18 Å². The summed E-state index contributed by atoms with van der Waals surface area (Å²) in [7, 11) is 0. The summed E-state index contributed by atoms with van der Waals surface area (Å²) in [6, 6.07) is 13.3. The van der Waals surface area contributed by atoms with E-state index in [1.165, 1.54) is 18.2 Å². The molecule has 10 heteroatoms. The average molecular weight is 483 g/mol. The van der Waals surface area contributed by atoms with E-state index in [2.05, 4.69) is 15.4 Å². The van der Waals surface area contributed by atoms with Crippen molar-refractivity contribution in [3.8, 4) is 11.3 Å². The molecule has 0 aliphatic carbocycles. The Morgan fingerprint density at radius 3 is 2.60 bits per heavy atom. The molecule has 6 nitrogen and oxygen atoms in total. The van der Waals surface area contributed by atoms with Crippen LogP contribution in [0, 0.1) is 5.82 Å². The average Bonchev–Trinajstić information content (AvgIpc) is 3.47. The minimum atomic E-state index is -4.45. The Balaban J connectivity index is 1.40. The third-order valence-electron chi connectivity index (χ3n) is 6.12. The van der Waals surface area contributed by atoms with Crippen LogP contribution in [0.5, 0.6) is 0 Å². The Morgan fingerprint density at radius 1 is 1.09 bits per heavy atom. The summed E-state index contributed by atoms with van der Waals surface area (Å²) in [6.07, 6.45) is -0.378. The first-order valence-electron chi connectivity index (χ1n) is 11.1. The number of benzene rings is 1. The highest BCUT2D eigenvalue weighted by atomic mass is 19.4. The number of likely N-dealkylation sites (tertiary alicyclic amines) is 1. The number of hydrogen-bond donors (Lipinski definition) is 1. The summed E-state index contributed by atoms with van der Waals surface area (Å²) in [5.74, 6) is -0.275. The second-order valence-electron chi connectivity index (χ2n) is 8.37. The van der Waals surface area contributed by atoms with Gasteiger partial charge in [-0.05, 0) is 61.4 Å². The zero-order valence-corrected chi connectivity index (χ0v) is 18.5. The van der Waals surface area contributed by atoms with Crippen molar-refractivity contribution in [2.75, 3.05) is 18.4 Å². The second-order valence-corrected chi connectivity index (χ2v) is 8.37. The van der Waals surface area contributed by atoms with Crippen LogP contribution in [0.25, 0.3) is 16.8 Å². The fourth-order valence-electron chi connectivity index (χ4n) is 4.37. The molecular weight excluding hydrogens is 462 g/mol. The van der Waals surface area contributed by atoms with Crippen molar-refractivity contribution >= 4 is 17.2 Å². The number of fused-ring (bicyclic) bond motifs is 1. The smallest absolute Gasteiger partial charge is 0.368 e. The van der Waals surface area contributed by atoms with Crippen LogP contribution in [-0.4, -0.2) is 44.5 Å².